The number of hydrogen-bond acceptors (Lipinski definition) is 3. The Kier molecular flexibility index (Phi) is 19.9. The van der Waals surface area contributed by atoms with Gasteiger partial charge < -0.3 is 15.7 Å². The second-order valence-corrected chi connectivity index (χ2v) is 8.48. The van der Waals surface area contributed by atoms with Crippen molar-refractivity contribution in [2.24, 2.45) is 5.73 Å². The monoisotopic (exact) mass is 424 g/mol. The lowest BCUT2D eigenvalue weighted by Gasteiger charge is -2.25. The number of carboxylic acids is 1. The van der Waals surface area contributed by atoms with Gasteiger partial charge in [0.15, 0.2) is 0 Å². The lowest BCUT2D eigenvalue weighted by molar-refractivity contribution is -0.149. The molecule has 0 aromatic heterocycles. The molecule has 0 heterocycles. The second kappa shape index (κ2) is 20.9. The van der Waals surface area contributed by atoms with Crippen LogP contribution in [0.2, 0.25) is 0 Å². The largest absolute Gasteiger partial charge is 0.480 e. The van der Waals surface area contributed by atoms with Crippen LogP contribution in [0.3, 0.4) is 0 Å². The number of aliphatic carboxylic acids is 1. The number of nitrogens with zero attached hydrogens (tertiary/aromatic N) is 1. The fraction of sp³-hybridized carbons (Fsp3) is 0.840. The number of carbonyl (C=O) groups is 2. The van der Waals surface area contributed by atoms with E-state index in [-0.39, 0.29) is 5.91 Å². The van der Waals surface area contributed by atoms with Gasteiger partial charge in [0.2, 0.25) is 5.91 Å². The van der Waals surface area contributed by atoms with E-state index in [0.29, 0.717) is 19.4 Å². The van der Waals surface area contributed by atoms with Gasteiger partial charge in [0.05, 0.1) is 0 Å². The van der Waals surface area contributed by atoms with E-state index in [0.717, 1.165) is 32.1 Å². The molecule has 0 saturated carbocycles. The van der Waals surface area contributed by atoms with Crippen LogP contribution in [0.4, 0.5) is 0 Å². The zero-order valence-electron chi connectivity index (χ0n) is 19.7. The van der Waals surface area contributed by atoms with Gasteiger partial charge in [0.1, 0.15) is 6.04 Å². The first-order valence-electron chi connectivity index (χ1n) is 12.4. The summed E-state index contributed by atoms with van der Waals surface area (Å²) in [4.78, 5) is 25.1. The van der Waals surface area contributed by atoms with Crippen molar-refractivity contribution in [1.29, 1.82) is 0 Å². The van der Waals surface area contributed by atoms with Crippen molar-refractivity contribution in [2.45, 2.75) is 122 Å². The summed E-state index contributed by atoms with van der Waals surface area (Å²) in [6, 6.07) is -0.727. The van der Waals surface area contributed by atoms with Gasteiger partial charge in [-0.15, -0.1) is 0 Å². The Labute approximate surface area is 185 Å². The van der Waals surface area contributed by atoms with E-state index in [1.165, 1.54) is 69.1 Å². The van der Waals surface area contributed by atoms with Gasteiger partial charge in [-0.25, -0.2) is 4.79 Å². The van der Waals surface area contributed by atoms with Crippen molar-refractivity contribution in [3.63, 3.8) is 0 Å². The Bertz CT molecular complexity index is 452. The summed E-state index contributed by atoms with van der Waals surface area (Å²) in [5.41, 5.74) is 5.47. The zero-order chi connectivity index (χ0) is 22.5. The van der Waals surface area contributed by atoms with Crippen molar-refractivity contribution in [1.82, 2.24) is 4.90 Å². The molecule has 0 fully saturated rings. The van der Waals surface area contributed by atoms with Crippen LogP contribution in [-0.4, -0.2) is 41.5 Å². The zero-order valence-corrected chi connectivity index (χ0v) is 19.7. The number of unbranched alkanes of at least 4 members (excludes halogenated alkanes) is 12. The smallest absolute Gasteiger partial charge is 0.326 e. The quantitative estimate of drug-likeness (QED) is 0.173. The van der Waals surface area contributed by atoms with Gasteiger partial charge in [0, 0.05) is 13.5 Å². The van der Waals surface area contributed by atoms with E-state index < -0.39 is 12.0 Å². The van der Waals surface area contributed by atoms with Crippen molar-refractivity contribution in [3.8, 4) is 0 Å². The number of hydrogen-bond donors (Lipinski definition) is 2. The molecule has 1 amide bonds. The van der Waals surface area contributed by atoms with Crippen LogP contribution in [0.15, 0.2) is 12.2 Å². The van der Waals surface area contributed by atoms with E-state index in [2.05, 4.69) is 19.1 Å². The molecule has 1 atom stereocenters. The average Bonchev–Trinajstić information content (AvgIpc) is 2.73. The summed E-state index contributed by atoms with van der Waals surface area (Å²) in [5, 5.41) is 9.37. The summed E-state index contributed by atoms with van der Waals surface area (Å²) < 4.78 is 0. The molecular formula is C25H48N2O3. The summed E-state index contributed by atoms with van der Waals surface area (Å²) in [7, 11) is 1.61. The Morgan fingerprint density at radius 2 is 1.37 bits per heavy atom. The molecule has 176 valence electrons. The molecule has 0 aromatic rings. The van der Waals surface area contributed by atoms with Crippen molar-refractivity contribution in [2.75, 3.05) is 13.6 Å². The predicted octanol–water partition coefficient (Wildman–Crippen LogP) is 6.06. The Morgan fingerprint density at radius 1 is 0.833 bits per heavy atom. The van der Waals surface area contributed by atoms with Crippen LogP contribution >= 0.6 is 0 Å². The minimum atomic E-state index is -0.922. The van der Waals surface area contributed by atoms with Crippen LogP contribution in [0.1, 0.15) is 116 Å². The van der Waals surface area contributed by atoms with Crippen molar-refractivity contribution < 1.29 is 14.7 Å². The van der Waals surface area contributed by atoms with Gasteiger partial charge in [-0.05, 0) is 57.9 Å². The number of rotatable bonds is 21. The molecule has 0 aliphatic rings. The summed E-state index contributed by atoms with van der Waals surface area (Å²) in [5.74, 6) is -0.981. The molecular weight excluding hydrogens is 376 g/mol. The minimum absolute atomic E-state index is 0.0587. The normalized spacial score (nSPS) is 12.4. The molecule has 5 nitrogen and oxygen atoms in total. The molecule has 0 bridgehead atoms. The third-order valence-corrected chi connectivity index (χ3v) is 5.73. The summed E-state index contributed by atoms with van der Waals surface area (Å²) >= 11 is 0. The first-order chi connectivity index (χ1) is 14.5. The lowest BCUT2D eigenvalue weighted by atomic mass is 10.1. The first-order valence-corrected chi connectivity index (χ1v) is 12.4. The number of carbonyl (C=O) groups excluding carboxylic acids is 1. The second-order valence-electron chi connectivity index (χ2n) is 8.48. The molecule has 30 heavy (non-hydrogen) atoms. The van der Waals surface area contributed by atoms with E-state index in [4.69, 9.17) is 5.73 Å². The third kappa shape index (κ3) is 16.4. The van der Waals surface area contributed by atoms with E-state index in [9.17, 15) is 14.7 Å². The standard InChI is InChI=1S/C25H48N2O3/c1-3-4-5-6-7-8-9-10-11-12-13-14-15-16-17-21-24(28)27(2)23(25(29)30)20-18-19-22-26/h8-9,23H,3-7,10-22,26H2,1-2H3,(H,29,30)/b9-8-. The van der Waals surface area contributed by atoms with Crippen LogP contribution in [0.25, 0.3) is 0 Å². The first kappa shape index (κ1) is 28.6. The van der Waals surface area contributed by atoms with E-state index >= 15 is 0 Å². The molecule has 1 unspecified atom stereocenters. The van der Waals surface area contributed by atoms with Crippen LogP contribution < -0.4 is 5.73 Å². The highest BCUT2D eigenvalue weighted by Crippen LogP contribution is 2.13. The van der Waals surface area contributed by atoms with Crippen LogP contribution in [0.5, 0.6) is 0 Å². The molecule has 0 aliphatic carbocycles. The Balaban J connectivity index is 3.65. The highest BCUT2D eigenvalue weighted by molar-refractivity contribution is 5.83. The molecule has 0 rings (SSSR count). The summed E-state index contributed by atoms with van der Waals surface area (Å²) in [6.45, 7) is 2.80. The number of amides is 1. The molecule has 0 aromatic carbocycles. The number of allylic oxidation sites excluding steroid dienone is 2. The molecule has 0 radical (unpaired) electrons. The van der Waals surface area contributed by atoms with Crippen molar-refractivity contribution in [3.05, 3.63) is 12.2 Å². The predicted molar refractivity (Wildman–Crippen MR) is 127 cm³/mol. The third-order valence-electron chi connectivity index (χ3n) is 5.73. The van der Waals surface area contributed by atoms with Gasteiger partial charge in [-0.3, -0.25) is 4.79 Å². The topological polar surface area (TPSA) is 83.6 Å². The average molecular weight is 425 g/mol. The fourth-order valence-electron chi connectivity index (χ4n) is 3.66. The maximum absolute atomic E-state index is 12.3. The maximum Gasteiger partial charge on any atom is 0.326 e. The lowest BCUT2D eigenvalue weighted by Crippen LogP contribution is -2.42. The van der Waals surface area contributed by atoms with Gasteiger partial charge in [-0.1, -0.05) is 70.4 Å². The molecule has 3 N–H and O–H groups in total. The highest BCUT2D eigenvalue weighted by atomic mass is 16.4. The van der Waals surface area contributed by atoms with Crippen LogP contribution in [-0.2, 0) is 9.59 Å². The van der Waals surface area contributed by atoms with E-state index in [1.54, 1.807) is 7.05 Å². The van der Waals surface area contributed by atoms with Gasteiger partial charge >= 0.3 is 5.97 Å². The van der Waals surface area contributed by atoms with Crippen molar-refractivity contribution >= 4 is 11.9 Å². The Morgan fingerprint density at radius 3 is 1.90 bits per heavy atom. The molecule has 0 spiro atoms. The Hall–Kier alpha value is -1.36. The number of likely N-dealkylation sites (N-methyl/N-ethyl adjacent to an activating group) is 1. The molecule has 0 aliphatic heterocycles. The highest BCUT2D eigenvalue weighted by Gasteiger charge is 2.25. The van der Waals surface area contributed by atoms with Gasteiger partial charge in [0.25, 0.3) is 0 Å². The van der Waals surface area contributed by atoms with Crippen LogP contribution in [0, 0.1) is 0 Å². The van der Waals surface area contributed by atoms with Gasteiger partial charge in [-0.2, -0.15) is 0 Å². The number of nitrogens with two attached hydrogens (primary N) is 1. The molecule has 0 saturated heterocycles. The SMILES string of the molecule is CCCCCC/C=C\CCCCCCCCCC(=O)N(C)C(CCCCN)C(=O)O. The summed E-state index contributed by atoms with van der Waals surface area (Å²) in [6.07, 6.45) is 23.0. The fourth-order valence-corrected chi connectivity index (χ4v) is 3.66. The number of carboxylic acid groups (broad SMARTS) is 1. The minimum Gasteiger partial charge on any atom is -0.480 e. The molecule has 5 heteroatoms. The van der Waals surface area contributed by atoms with E-state index in [1.807, 2.05) is 0 Å². The maximum atomic E-state index is 12.3.